The average molecular weight is 360 g/mol. The fraction of sp³-hybridized carbons (Fsp3) is 0.0714. The molecule has 0 saturated carbocycles. The molecular weight excluding hydrogens is 351 g/mol. The van der Waals surface area contributed by atoms with Gasteiger partial charge in [-0.2, -0.15) is 0 Å². The normalized spacial score (nSPS) is 10.5. The summed E-state index contributed by atoms with van der Waals surface area (Å²) in [6.45, 7) is 0. The second-order valence-electron chi connectivity index (χ2n) is 4.00. The van der Waals surface area contributed by atoms with Crippen LogP contribution in [-0.4, -0.2) is 10.9 Å². The van der Waals surface area contributed by atoms with E-state index in [4.69, 9.17) is 23.2 Å². The maximum atomic E-state index is 12.1. The molecule has 5 heteroatoms. The van der Waals surface area contributed by atoms with Gasteiger partial charge in [0.05, 0.1) is 5.56 Å². The van der Waals surface area contributed by atoms with Crippen LogP contribution in [0.1, 0.15) is 15.9 Å². The third kappa shape index (κ3) is 3.50. The second kappa shape index (κ2) is 5.95. The highest BCUT2D eigenvalue weighted by molar-refractivity contribution is 9.10. The molecule has 0 heterocycles. The fourth-order valence-electron chi connectivity index (χ4n) is 1.69. The minimum Gasteiger partial charge on any atom is -0.507 e. The lowest BCUT2D eigenvalue weighted by atomic mass is 10.0. The molecule has 0 radical (unpaired) electrons. The van der Waals surface area contributed by atoms with Crippen molar-refractivity contribution in [1.29, 1.82) is 0 Å². The molecule has 0 aliphatic carbocycles. The van der Waals surface area contributed by atoms with Crippen LogP contribution in [0.15, 0.2) is 40.9 Å². The number of carbonyl (C=O) groups is 1. The average Bonchev–Trinajstić information content (AvgIpc) is 2.33. The molecule has 0 aromatic heterocycles. The first kappa shape index (κ1) is 14.4. The first-order chi connectivity index (χ1) is 8.97. The lowest BCUT2D eigenvalue weighted by Gasteiger charge is -2.06. The van der Waals surface area contributed by atoms with Crippen molar-refractivity contribution in [2.45, 2.75) is 6.42 Å². The van der Waals surface area contributed by atoms with Gasteiger partial charge in [0.25, 0.3) is 0 Å². The third-order valence-corrected chi connectivity index (χ3v) is 3.86. The summed E-state index contributed by atoms with van der Waals surface area (Å²) in [5.74, 6) is -0.312. The molecule has 0 spiro atoms. The van der Waals surface area contributed by atoms with E-state index in [1.54, 1.807) is 24.3 Å². The fourth-order valence-corrected chi connectivity index (χ4v) is 2.44. The standard InChI is InChI=1S/C14H9BrCl2O2/c15-12-4-2-9(16)5-8(12)6-13(18)11-3-1-10(17)7-14(11)19/h1-5,7,19H,6H2. The Bertz CT molecular complexity index is 641. The summed E-state index contributed by atoms with van der Waals surface area (Å²) in [6.07, 6.45) is 0.149. The Labute approximate surface area is 129 Å². The smallest absolute Gasteiger partial charge is 0.170 e. The number of halogens is 3. The molecule has 2 aromatic carbocycles. The number of phenols is 1. The molecule has 1 N–H and O–H groups in total. The van der Waals surface area contributed by atoms with Gasteiger partial charge in [-0.15, -0.1) is 0 Å². The van der Waals surface area contributed by atoms with Crippen molar-refractivity contribution in [1.82, 2.24) is 0 Å². The summed E-state index contributed by atoms with van der Waals surface area (Å²) in [6, 6.07) is 9.67. The lowest BCUT2D eigenvalue weighted by molar-refractivity contribution is 0.0990. The minimum atomic E-state index is -0.197. The molecule has 0 aliphatic rings. The quantitative estimate of drug-likeness (QED) is 0.792. The number of hydrogen-bond donors (Lipinski definition) is 1. The SMILES string of the molecule is O=C(Cc1cc(Cl)ccc1Br)c1ccc(Cl)cc1O. The zero-order valence-electron chi connectivity index (χ0n) is 9.66. The summed E-state index contributed by atoms with van der Waals surface area (Å²) >= 11 is 15.0. The summed E-state index contributed by atoms with van der Waals surface area (Å²) < 4.78 is 0.804. The third-order valence-electron chi connectivity index (χ3n) is 2.62. The molecule has 0 atom stereocenters. The van der Waals surface area contributed by atoms with Crippen LogP contribution in [0.25, 0.3) is 0 Å². The molecule has 19 heavy (non-hydrogen) atoms. The number of carbonyl (C=O) groups excluding carboxylic acids is 1. The number of aromatic hydroxyl groups is 1. The molecule has 2 aromatic rings. The topological polar surface area (TPSA) is 37.3 Å². The van der Waals surface area contributed by atoms with Crippen molar-refractivity contribution in [3.05, 3.63) is 62.0 Å². The summed E-state index contributed by atoms with van der Waals surface area (Å²) in [7, 11) is 0. The van der Waals surface area contributed by atoms with Crippen LogP contribution in [-0.2, 0) is 6.42 Å². The Balaban J connectivity index is 2.28. The van der Waals surface area contributed by atoms with Gasteiger partial charge in [-0.05, 0) is 42.0 Å². The van der Waals surface area contributed by atoms with E-state index >= 15 is 0 Å². The van der Waals surface area contributed by atoms with Crippen LogP contribution in [0.2, 0.25) is 10.0 Å². The molecule has 0 unspecified atom stereocenters. The molecule has 0 fully saturated rings. The van der Waals surface area contributed by atoms with Crippen LogP contribution < -0.4 is 0 Å². The van der Waals surface area contributed by atoms with E-state index in [1.165, 1.54) is 12.1 Å². The zero-order chi connectivity index (χ0) is 14.0. The Hall–Kier alpha value is -1.03. The van der Waals surface area contributed by atoms with Crippen molar-refractivity contribution in [2.24, 2.45) is 0 Å². The van der Waals surface area contributed by atoms with Crippen LogP contribution in [0.3, 0.4) is 0 Å². The molecule has 0 amide bonds. The molecule has 2 rings (SSSR count). The van der Waals surface area contributed by atoms with Gasteiger partial charge in [0, 0.05) is 20.9 Å². The predicted molar refractivity (Wildman–Crippen MR) is 80.3 cm³/mol. The van der Waals surface area contributed by atoms with Gasteiger partial charge in [0.1, 0.15) is 5.75 Å². The number of Topliss-reactive ketones (excluding diaryl/α,β-unsaturated/α-hetero) is 1. The first-order valence-corrected chi connectivity index (χ1v) is 6.98. The lowest BCUT2D eigenvalue weighted by Crippen LogP contribution is -2.04. The molecule has 2 nitrogen and oxygen atoms in total. The van der Waals surface area contributed by atoms with Gasteiger partial charge in [0.15, 0.2) is 5.78 Å². The van der Waals surface area contributed by atoms with E-state index in [0.717, 1.165) is 10.0 Å². The Morgan fingerprint density at radius 2 is 1.74 bits per heavy atom. The van der Waals surface area contributed by atoms with Gasteiger partial charge in [-0.3, -0.25) is 4.79 Å². The highest BCUT2D eigenvalue weighted by Gasteiger charge is 2.14. The Kier molecular flexibility index (Phi) is 4.50. The van der Waals surface area contributed by atoms with Crippen molar-refractivity contribution in [3.8, 4) is 5.75 Å². The number of hydrogen-bond acceptors (Lipinski definition) is 2. The van der Waals surface area contributed by atoms with Gasteiger partial charge in [-0.25, -0.2) is 0 Å². The molecule has 0 aliphatic heterocycles. The van der Waals surface area contributed by atoms with Crippen LogP contribution in [0.5, 0.6) is 5.75 Å². The number of benzene rings is 2. The number of rotatable bonds is 3. The number of phenolic OH excluding ortho intramolecular Hbond substituents is 1. The summed E-state index contributed by atoms with van der Waals surface area (Å²) in [5, 5.41) is 10.7. The van der Waals surface area contributed by atoms with Crippen LogP contribution in [0, 0.1) is 0 Å². The largest absolute Gasteiger partial charge is 0.507 e. The van der Waals surface area contributed by atoms with Crippen molar-refractivity contribution >= 4 is 44.9 Å². The van der Waals surface area contributed by atoms with E-state index in [-0.39, 0.29) is 23.5 Å². The highest BCUT2D eigenvalue weighted by Crippen LogP contribution is 2.26. The van der Waals surface area contributed by atoms with Crippen molar-refractivity contribution in [2.75, 3.05) is 0 Å². The molecule has 0 bridgehead atoms. The van der Waals surface area contributed by atoms with Crippen molar-refractivity contribution < 1.29 is 9.90 Å². The number of ketones is 1. The predicted octanol–water partition coefficient (Wildman–Crippen LogP) is 4.89. The summed E-state index contributed by atoms with van der Waals surface area (Å²) in [5.41, 5.74) is 1.02. The van der Waals surface area contributed by atoms with E-state index < -0.39 is 0 Å². The van der Waals surface area contributed by atoms with E-state index in [2.05, 4.69) is 15.9 Å². The minimum absolute atomic E-state index is 0.115. The first-order valence-electron chi connectivity index (χ1n) is 5.43. The van der Waals surface area contributed by atoms with Gasteiger partial charge in [-0.1, -0.05) is 39.1 Å². The molecule has 0 saturated heterocycles. The maximum Gasteiger partial charge on any atom is 0.170 e. The molecular formula is C14H9BrCl2O2. The van der Waals surface area contributed by atoms with E-state index in [9.17, 15) is 9.90 Å². The van der Waals surface area contributed by atoms with Crippen molar-refractivity contribution in [3.63, 3.8) is 0 Å². The van der Waals surface area contributed by atoms with E-state index in [0.29, 0.717) is 10.0 Å². The van der Waals surface area contributed by atoms with Crippen LogP contribution in [0.4, 0.5) is 0 Å². The monoisotopic (exact) mass is 358 g/mol. The van der Waals surface area contributed by atoms with Gasteiger partial charge >= 0.3 is 0 Å². The zero-order valence-corrected chi connectivity index (χ0v) is 12.8. The second-order valence-corrected chi connectivity index (χ2v) is 5.72. The van der Waals surface area contributed by atoms with Gasteiger partial charge in [0.2, 0.25) is 0 Å². The maximum absolute atomic E-state index is 12.1. The van der Waals surface area contributed by atoms with E-state index in [1.807, 2.05) is 0 Å². The Morgan fingerprint density at radius 3 is 2.42 bits per heavy atom. The highest BCUT2D eigenvalue weighted by atomic mass is 79.9. The van der Waals surface area contributed by atoms with Crippen LogP contribution >= 0.6 is 39.1 Å². The summed E-state index contributed by atoms with van der Waals surface area (Å²) in [4.78, 5) is 12.1. The van der Waals surface area contributed by atoms with Gasteiger partial charge < -0.3 is 5.11 Å². The molecule has 98 valence electrons. The Morgan fingerprint density at radius 1 is 1.11 bits per heavy atom.